The Morgan fingerprint density at radius 3 is 2.78 bits per heavy atom. The van der Waals surface area contributed by atoms with Gasteiger partial charge in [-0.25, -0.2) is 4.98 Å². The number of rotatable bonds is 5. The summed E-state index contributed by atoms with van der Waals surface area (Å²) >= 11 is 0. The lowest BCUT2D eigenvalue weighted by Gasteiger charge is -2.22. The van der Waals surface area contributed by atoms with Gasteiger partial charge in [-0.3, -0.25) is 4.79 Å². The minimum Gasteiger partial charge on any atom is -0.486 e. The SMILES string of the molecule is O=C(CCC1CCNCC1)Nc1cccc(-c2ccc3c(c2)OCCO3)n1. The second-order valence-corrected chi connectivity index (χ2v) is 7.05. The molecule has 6 heteroatoms. The van der Waals surface area contributed by atoms with Crippen molar-refractivity contribution in [3.8, 4) is 22.8 Å². The molecular formula is C21H25N3O3. The van der Waals surface area contributed by atoms with Crippen LogP contribution >= 0.6 is 0 Å². The predicted octanol–water partition coefficient (Wildman–Crippen LogP) is 3.24. The molecule has 4 rings (SSSR count). The first-order valence-corrected chi connectivity index (χ1v) is 9.65. The van der Waals surface area contributed by atoms with Gasteiger partial charge in [0.15, 0.2) is 11.5 Å². The van der Waals surface area contributed by atoms with E-state index in [0.29, 0.717) is 31.4 Å². The third-order valence-electron chi connectivity index (χ3n) is 5.09. The standard InChI is InChI=1S/C21H25N3O3/c25-21(7-4-15-8-10-22-11-9-15)24-20-3-1-2-17(23-20)16-5-6-18-19(14-16)27-13-12-26-18/h1-3,5-6,14-15,22H,4,7-13H2,(H,23,24,25). The average molecular weight is 367 g/mol. The van der Waals surface area contributed by atoms with Crippen LogP contribution in [0.15, 0.2) is 36.4 Å². The normalized spacial score (nSPS) is 16.7. The molecule has 2 N–H and O–H groups in total. The van der Waals surface area contributed by atoms with Crippen molar-refractivity contribution in [1.29, 1.82) is 0 Å². The predicted molar refractivity (Wildman–Crippen MR) is 104 cm³/mol. The minimum atomic E-state index is 0.0281. The summed E-state index contributed by atoms with van der Waals surface area (Å²) in [5.41, 5.74) is 1.73. The maximum Gasteiger partial charge on any atom is 0.225 e. The average Bonchev–Trinajstić information content (AvgIpc) is 2.73. The summed E-state index contributed by atoms with van der Waals surface area (Å²) in [5, 5.41) is 6.29. The maximum atomic E-state index is 12.3. The number of piperidine rings is 1. The van der Waals surface area contributed by atoms with Gasteiger partial charge < -0.3 is 20.1 Å². The molecule has 1 fully saturated rings. The van der Waals surface area contributed by atoms with E-state index >= 15 is 0 Å². The summed E-state index contributed by atoms with van der Waals surface area (Å²) in [6.45, 7) is 3.25. The van der Waals surface area contributed by atoms with Crippen molar-refractivity contribution in [2.75, 3.05) is 31.6 Å². The molecule has 3 heterocycles. The van der Waals surface area contributed by atoms with Crippen LogP contribution in [0.3, 0.4) is 0 Å². The van der Waals surface area contributed by atoms with E-state index in [-0.39, 0.29) is 5.91 Å². The Bertz CT molecular complexity index is 803. The van der Waals surface area contributed by atoms with Gasteiger partial charge >= 0.3 is 0 Å². The van der Waals surface area contributed by atoms with Crippen molar-refractivity contribution >= 4 is 11.7 Å². The molecule has 1 aromatic heterocycles. The number of benzene rings is 1. The van der Waals surface area contributed by atoms with Gasteiger partial charge in [0.1, 0.15) is 19.0 Å². The Balaban J connectivity index is 1.39. The molecule has 0 atom stereocenters. The highest BCUT2D eigenvalue weighted by Crippen LogP contribution is 2.34. The van der Waals surface area contributed by atoms with E-state index in [1.165, 1.54) is 0 Å². The summed E-state index contributed by atoms with van der Waals surface area (Å²) in [4.78, 5) is 16.9. The highest BCUT2D eigenvalue weighted by Gasteiger charge is 2.16. The highest BCUT2D eigenvalue weighted by atomic mass is 16.6. The van der Waals surface area contributed by atoms with Gasteiger partial charge in [0.05, 0.1) is 5.69 Å². The van der Waals surface area contributed by atoms with Crippen LogP contribution in [0.5, 0.6) is 11.5 Å². The summed E-state index contributed by atoms with van der Waals surface area (Å²) in [5.74, 6) is 2.75. The lowest BCUT2D eigenvalue weighted by atomic mass is 9.93. The van der Waals surface area contributed by atoms with E-state index in [0.717, 1.165) is 55.1 Å². The number of ether oxygens (including phenoxy) is 2. The minimum absolute atomic E-state index is 0.0281. The molecule has 1 aromatic carbocycles. The van der Waals surface area contributed by atoms with Crippen molar-refractivity contribution in [1.82, 2.24) is 10.3 Å². The first-order valence-electron chi connectivity index (χ1n) is 9.65. The Morgan fingerprint density at radius 1 is 1.11 bits per heavy atom. The Hall–Kier alpha value is -2.60. The van der Waals surface area contributed by atoms with Crippen LogP contribution in [0.4, 0.5) is 5.82 Å². The number of nitrogens with zero attached hydrogens (tertiary/aromatic N) is 1. The van der Waals surface area contributed by atoms with E-state index in [1.54, 1.807) is 0 Å². The second kappa shape index (κ2) is 8.39. The summed E-state index contributed by atoms with van der Waals surface area (Å²) in [6, 6.07) is 11.4. The molecule has 0 unspecified atom stereocenters. The van der Waals surface area contributed by atoms with Gasteiger partial charge in [-0.2, -0.15) is 0 Å². The van der Waals surface area contributed by atoms with Gasteiger partial charge in [0.2, 0.25) is 5.91 Å². The van der Waals surface area contributed by atoms with Gasteiger partial charge in [-0.15, -0.1) is 0 Å². The molecule has 6 nitrogen and oxygen atoms in total. The van der Waals surface area contributed by atoms with Crippen molar-refractivity contribution in [2.24, 2.45) is 5.92 Å². The van der Waals surface area contributed by atoms with Gasteiger partial charge in [0.25, 0.3) is 0 Å². The Kier molecular flexibility index (Phi) is 5.53. The van der Waals surface area contributed by atoms with Crippen molar-refractivity contribution in [3.63, 3.8) is 0 Å². The zero-order valence-corrected chi connectivity index (χ0v) is 15.4. The summed E-state index contributed by atoms with van der Waals surface area (Å²) < 4.78 is 11.2. The molecular weight excluding hydrogens is 342 g/mol. The van der Waals surface area contributed by atoms with Crippen molar-refractivity contribution in [2.45, 2.75) is 25.7 Å². The number of fused-ring (bicyclic) bond motifs is 1. The highest BCUT2D eigenvalue weighted by molar-refractivity contribution is 5.90. The maximum absolute atomic E-state index is 12.3. The number of amides is 1. The molecule has 27 heavy (non-hydrogen) atoms. The van der Waals surface area contributed by atoms with Crippen molar-refractivity contribution in [3.05, 3.63) is 36.4 Å². The van der Waals surface area contributed by atoms with E-state index in [9.17, 15) is 4.79 Å². The smallest absolute Gasteiger partial charge is 0.225 e. The Labute approximate surface area is 159 Å². The van der Waals surface area contributed by atoms with E-state index in [1.807, 2.05) is 36.4 Å². The van der Waals surface area contributed by atoms with Crippen LogP contribution in [0.1, 0.15) is 25.7 Å². The van der Waals surface area contributed by atoms with Gasteiger partial charge in [-0.05, 0) is 68.6 Å². The first kappa shape index (κ1) is 17.8. The zero-order chi connectivity index (χ0) is 18.5. The summed E-state index contributed by atoms with van der Waals surface area (Å²) in [6.07, 6.45) is 3.80. The number of aromatic nitrogens is 1. The fourth-order valence-corrected chi connectivity index (χ4v) is 3.58. The molecule has 0 saturated carbocycles. The molecule has 0 radical (unpaired) electrons. The third-order valence-corrected chi connectivity index (χ3v) is 5.09. The molecule has 0 spiro atoms. The molecule has 2 aliphatic rings. The zero-order valence-electron chi connectivity index (χ0n) is 15.4. The first-order chi connectivity index (χ1) is 13.3. The Morgan fingerprint density at radius 2 is 1.93 bits per heavy atom. The number of pyridine rings is 1. The number of hydrogen-bond acceptors (Lipinski definition) is 5. The van der Waals surface area contributed by atoms with Crippen LogP contribution in [0, 0.1) is 5.92 Å². The number of hydrogen-bond donors (Lipinski definition) is 2. The van der Waals surface area contributed by atoms with Crippen LogP contribution in [-0.2, 0) is 4.79 Å². The van der Waals surface area contributed by atoms with Crippen LogP contribution in [-0.4, -0.2) is 37.2 Å². The number of anilines is 1. The molecule has 0 aliphatic carbocycles. The summed E-state index contributed by atoms with van der Waals surface area (Å²) in [7, 11) is 0. The van der Waals surface area contributed by atoms with E-state index in [4.69, 9.17) is 9.47 Å². The van der Waals surface area contributed by atoms with Gasteiger partial charge in [-0.1, -0.05) is 6.07 Å². The lowest BCUT2D eigenvalue weighted by molar-refractivity contribution is -0.116. The van der Waals surface area contributed by atoms with Crippen LogP contribution in [0.25, 0.3) is 11.3 Å². The number of carbonyl (C=O) groups is 1. The molecule has 1 amide bonds. The van der Waals surface area contributed by atoms with Crippen LogP contribution in [0.2, 0.25) is 0 Å². The second-order valence-electron chi connectivity index (χ2n) is 7.05. The molecule has 1 saturated heterocycles. The number of nitrogens with one attached hydrogen (secondary N) is 2. The monoisotopic (exact) mass is 367 g/mol. The lowest BCUT2D eigenvalue weighted by Crippen LogP contribution is -2.28. The molecule has 0 bridgehead atoms. The third kappa shape index (κ3) is 4.57. The fraction of sp³-hybridized carbons (Fsp3) is 0.429. The topological polar surface area (TPSA) is 72.5 Å². The fourth-order valence-electron chi connectivity index (χ4n) is 3.58. The van der Waals surface area contributed by atoms with Crippen molar-refractivity contribution < 1.29 is 14.3 Å². The van der Waals surface area contributed by atoms with E-state index < -0.39 is 0 Å². The largest absolute Gasteiger partial charge is 0.486 e. The molecule has 2 aliphatic heterocycles. The van der Waals surface area contributed by atoms with Gasteiger partial charge in [0, 0.05) is 12.0 Å². The molecule has 2 aromatic rings. The quantitative estimate of drug-likeness (QED) is 0.849. The molecule has 142 valence electrons. The number of carbonyl (C=O) groups excluding carboxylic acids is 1. The van der Waals surface area contributed by atoms with E-state index in [2.05, 4.69) is 15.6 Å². The van der Waals surface area contributed by atoms with Crippen LogP contribution < -0.4 is 20.1 Å².